The number of aryl methyl sites for hydroxylation is 3. The highest BCUT2D eigenvalue weighted by atomic mass is 16.2. The molecule has 0 aliphatic rings. The molecule has 0 N–H and O–H groups in total. The second-order valence-corrected chi connectivity index (χ2v) is 4.68. The summed E-state index contributed by atoms with van der Waals surface area (Å²) in [6, 6.07) is 1.83. The van der Waals surface area contributed by atoms with Gasteiger partial charge in [-0.15, -0.1) is 0 Å². The van der Waals surface area contributed by atoms with Crippen LogP contribution >= 0.6 is 0 Å². The number of hydrogen-bond acceptors (Lipinski definition) is 3. The van der Waals surface area contributed by atoms with E-state index in [0.29, 0.717) is 18.7 Å². The van der Waals surface area contributed by atoms with Crippen molar-refractivity contribution in [2.24, 2.45) is 14.1 Å². The van der Waals surface area contributed by atoms with Crippen molar-refractivity contribution in [2.45, 2.75) is 19.8 Å². The van der Waals surface area contributed by atoms with Gasteiger partial charge in [0.2, 0.25) is 5.91 Å². The third-order valence-corrected chi connectivity index (χ3v) is 3.36. The molecule has 0 fully saturated rings. The Labute approximate surface area is 112 Å². The van der Waals surface area contributed by atoms with E-state index in [9.17, 15) is 4.79 Å². The first-order valence-corrected chi connectivity index (χ1v) is 6.22. The van der Waals surface area contributed by atoms with Crippen molar-refractivity contribution in [3.05, 3.63) is 29.7 Å². The molecule has 0 atom stereocenters. The molecular formula is C13H19N5O. The summed E-state index contributed by atoms with van der Waals surface area (Å²) in [6.45, 7) is 2.01. The second kappa shape index (κ2) is 5.26. The topological polar surface area (TPSA) is 56.0 Å². The van der Waals surface area contributed by atoms with Crippen LogP contribution < -0.4 is 4.90 Å². The van der Waals surface area contributed by atoms with Crippen molar-refractivity contribution >= 4 is 11.7 Å². The molecule has 2 aromatic heterocycles. The summed E-state index contributed by atoms with van der Waals surface area (Å²) in [5.74, 6) is 0.734. The molecule has 0 saturated carbocycles. The van der Waals surface area contributed by atoms with Gasteiger partial charge in [0.1, 0.15) is 0 Å². The van der Waals surface area contributed by atoms with Crippen LogP contribution in [0.25, 0.3) is 0 Å². The Kier molecular flexibility index (Phi) is 3.69. The van der Waals surface area contributed by atoms with Gasteiger partial charge in [-0.05, 0) is 18.9 Å². The molecule has 6 nitrogen and oxygen atoms in total. The molecule has 102 valence electrons. The number of nitrogens with zero attached hydrogens (tertiary/aromatic N) is 5. The van der Waals surface area contributed by atoms with Gasteiger partial charge in [-0.3, -0.25) is 19.1 Å². The minimum atomic E-state index is 0.0574. The first-order chi connectivity index (χ1) is 8.99. The summed E-state index contributed by atoms with van der Waals surface area (Å²) < 4.78 is 3.51. The van der Waals surface area contributed by atoms with Crippen LogP contribution in [0.15, 0.2) is 18.5 Å². The number of carbonyl (C=O) groups excluding carboxylic acids is 1. The van der Waals surface area contributed by atoms with Crippen LogP contribution in [0.1, 0.15) is 17.7 Å². The lowest BCUT2D eigenvalue weighted by Gasteiger charge is -2.13. The molecule has 2 heterocycles. The van der Waals surface area contributed by atoms with Gasteiger partial charge in [0, 0.05) is 45.5 Å². The molecule has 6 heteroatoms. The van der Waals surface area contributed by atoms with Crippen molar-refractivity contribution in [3.63, 3.8) is 0 Å². The smallest absolute Gasteiger partial charge is 0.228 e. The predicted molar refractivity (Wildman–Crippen MR) is 72.9 cm³/mol. The number of hydrogen-bond donors (Lipinski definition) is 0. The minimum Gasteiger partial charge on any atom is -0.298 e. The fraction of sp³-hybridized carbons (Fsp3) is 0.462. The monoisotopic (exact) mass is 261 g/mol. The number of carbonyl (C=O) groups is 1. The van der Waals surface area contributed by atoms with Crippen LogP contribution in [0.5, 0.6) is 0 Å². The summed E-state index contributed by atoms with van der Waals surface area (Å²) >= 11 is 0. The Morgan fingerprint density at radius 1 is 1.42 bits per heavy atom. The van der Waals surface area contributed by atoms with Crippen molar-refractivity contribution in [1.82, 2.24) is 19.6 Å². The number of amides is 1. The fourth-order valence-corrected chi connectivity index (χ4v) is 1.91. The third-order valence-electron chi connectivity index (χ3n) is 3.36. The van der Waals surface area contributed by atoms with Crippen LogP contribution in [0.3, 0.4) is 0 Å². The molecule has 1 amide bonds. The van der Waals surface area contributed by atoms with E-state index in [1.165, 1.54) is 0 Å². The Morgan fingerprint density at radius 3 is 2.68 bits per heavy atom. The Hall–Kier alpha value is -2.11. The zero-order valence-electron chi connectivity index (χ0n) is 11.8. The zero-order valence-corrected chi connectivity index (χ0v) is 11.8. The lowest BCUT2D eigenvalue weighted by Crippen LogP contribution is -2.27. The maximum atomic E-state index is 12.1. The Balaban J connectivity index is 1.96. The van der Waals surface area contributed by atoms with E-state index in [0.717, 1.165) is 11.3 Å². The van der Waals surface area contributed by atoms with Gasteiger partial charge in [0.05, 0.1) is 6.20 Å². The van der Waals surface area contributed by atoms with Crippen LogP contribution in [0.4, 0.5) is 5.82 Å². The molecule has 0 spiro atoms. The van der Waals surface area contributed by atoms with Gasteiger partial charge >= 0.3 is 0 Å². The van der Waals surface area contributed by atoms with Gasteiger partial charge in [0.25, 0.3) is 0 Å². The van der Waals surface area contributed by atoms with Crippen LogP contribution in [0, 0.1) is 6.92 Å². The normalized spacial score (nSPS) is 10.7. The summed E-state index contributed by atoms with van der Waals surface area (Å²) in [5.41, 5.74) is 2.22. The van der Waals surface area contributed by atoms with E-state index in [1.807, 2.05) is 44.2 Å². The molecule has 0 aliphatic heterocycles. The number of anilines is 1. The summed E-state index contributed by atoms with van der Waals surface area (Å²) in [6.07, 6.45) is 4.81. The predicted octanol–water partition coefficient (Wildman–Crippen LogP) is 1.06. The highest BCUT2D eigenvalue weighted by Gasteiger charge is 2.14. The first kappa shape index (κ1) is 13.3. The lowest BCUT2D eigenvalue weighted by atomic mass is 10.1. The van der Waals surface area contributed by atoms with Crippen molar-refractivity contribution in [1.29, 1.82) is 0 Å². The molecule has 0 aliphatic carbocycles. The highest BCUT2D eigenvalue weighted by molar-refractivity contribution is 5.91. The molecule has 2 rings (SSSR count). The van der Waals surface area contributed by atoms with Crippen molar-refractivity contribution in [3.8, 4) is 0 Å². The van der Waals surface area contributed by atoms with Gasteiger partial charge in [-0.25, -0.2) is 0 Å². The molecule has 0 bridgehead atoms. The molecule has 19 heavy (non-hydrogen) atoms. The molecule has 0 unspecified atom stereocenters. The van der Waals surface area contributed by atoms with Crippen molar-refractivity contribution in [2.75, 3.05) is 11.9 Å². The van der Waals surface area contributed by atoms with Crippen LogP contribution in [-0.2, 0) is 25.3 Å². The van der Waals surface area contributed by atoms with E-state index in [4.69, 9.17) is 0 Å². The number of aromatic nitrogens is 4. The fourth-order valence-electron chi connectivity index (χ4n) is 1.91. The molecule has 0 saturated heterocycles. The maximum absolute atomic E-state index is 12.1. The SMILES string of the molecule is Cc1c(CCC(=O)N(C)c2ccn(C)n2)cnn1C. The summed E-state index contributed by atoms with van der Waals surface area (Å²) in [5, 5.41) is 8.39. The Morgan fingerprint density at radius 2 is 2.16 bits per heavy atom. The standard InChI is InChI=1S/C13H19N5O/c1-10-11(9-14-18(10)4)5-6-13(19)17(3)12-7-8-16(2)15-12/h7-9H,5-6H2,1-4H3. The highest BCUT2D eigenvalue weighted by Crippen LogP contribution is 2.12. The van der Waals surface area contributed by atoms with Crippen LogP contribution in [0.2, 0.25) is 0 Å². The molecule has 0 radical (unpaired) electrons. The van der Waals surface area contributed by atoms with E-state index < -0.39 is 0 Å². The summed E-state index contributed by atoms with van der Waals surface area (Å²) in [4.78, 5) is 13.7. The molecule has 2 aromatic rings. The van der Waals surface area contributed by atoms with E-state index in [-0.39, 0.29) is 5.91 Å². The van der Waals surface area contributed by atoms with Gasteiger partial charge in [-0.1, -0.05) is 0 Å². The van der Waals surface area contributed by atoms with Crippen LogP contribution in [-0.4, -0.2) is 32.5 Å². The summed E-state index contributed by atoms with van der Waals surface area (Å²) in [7, 11) is 5.49. The lowest BCUT2D eigenvalue weighted by molar-refractivity contribution is -0.118. The maximum Gasteiger partial charge on any atom is 0.228 e. The van der Waals surface area contributed by atoms with Crippen molar-refractivity contribution < 1.29 is 4.79 Å². The molecular weight excluding hydrogens is 242 g/mol. The van der Waals surface area contributed by atoms with Gasteiger partial charge in [0.15, 0.2) is 5.82 Å². The minimum absolute atomic E-state index is 0.0574. The number of rotatable bonds is 4. The van der Waals surface area contributed by atoms with E-state index >= 15 is 0 Å². The zero-order chi connectivity index (χ0) is 14.0. The Bertz CT molecular complexity index is 584. The van der Waals surface area contributed by atoms with Gasteiger partial charge in [-0.2, -0.15) is 10.2 Å². The van der Waals surface area contributed by atoms with Gasteiger partial charge < -0.3 is 0 Å². The van der Waals surface area contributed by atoms with E-state index in [1.54, 1.807) is 16.6 Å². The average Bonchev–Trinajstić information content (AvgIpc) is 2.95. The first-order valence-electron chi connectivity index (χ1n) is 6.22. The average molecular weight is 261 g/mol. The third kappa shape index (κ3) is 2.83. The van der Waals surface area contributed by atoms with E-state index in [2.05, 4.69) is 10.2 Å². The second-order valence-electron chi connectivity index (χ2n) is 4.68. The quantitative estimate of drug-likeness (QED) is 0.827. The molecule has 0 aromatic carbocycles. The largest absolute Gasteiger partial charge is 0.298 e.